The summed E-state index contributed by atoms with van der Waals surface area (Å²) < 4.78 is 24.3. The number of hydrogen-bond donors (Lipinski definition) is 0. The highest BCUT2D eigenvalue weighted by atomic mass is 32.2. The second-order valence-corrected chi connectivity index (χ2v) is 11.1. The van der Waals surface area contributed by atoms with Gasteiger partial charge in [-0.05, 0) is 62.2 Å². The van der Waals surface area contributed by atoms with Gasteiger partial charge >= 0.3 is 4.59 Å². The average Bonchev–Trinajstić information content (AvgIpc) is 2.96. The van der Waals surface area contributed by atoms with E-state index in [1.807, 2.05) is 0 Å². The van der Waals surface area contributed by atoms with E-state index < -0.39 is 4.59 Å². The molecule has 0 aromatic rings. The SMILES string of the molecule is CCCCCC1CCC(C2CCC(C3CSC(F)(F)S3)CC2)CC1. The molecule has 3 fully saturated rings. The van der Waals surface area contributed by atoms with E-state index in [9.17, 15) is 8.78 Å². The van der Waals surface area contributed by atoms with Crippen molar-refractivity contribution in [3.63, 3.8) is 0 Å². The number of unbranched alkanes of at least 4 members (excludes halogenated alkanes) is 2. The molecule has 140 valence electrons. The highest BCUT2D eigenvalue weighted by Gasteiger charge is 2.45. The van der Waals surface area contributed by atoms with E-state index in [1.54, 1.807) is 0 Å². The summed E-state index contributed by atoms with van der Waals surface area (Å²) in [7, 11) is 0. The van der Waals surface area contributed by atoms with Crippen LogP contribution in [0.25, 0.3) is 0 Å². The highest BCUT2D eigenvalue weighted by molar-refractivity contribution is 8.21. The van der Waals surface area contributed by atoms with Crippen LogP contribution in [-0.2, 0) is 0 Å². The topological polar surface area (TPSA) is 0 Å². The summed E-state index contributed by atoms with van der Waals surface area (Å²) in [6.45, 7) is 2.29. The summed E-state index contributed by atoms with van der Waals surface area (Å²) in [4.78, 5) is 0. The van der Waals surface area contributed by atoms with Gasteiger partial charge in [0, 0.05) is 11.0 Å². The normalized spacial score (nSPS) is 39.9. The second-order valence-electron chi connectivity index (χ2n) is 8.38. The van der Waals surface area contributed by atoms with Crippen LogP contribution < -0.4 is 0 Å². The van der Waals surface area contributed by atoms with Crippen LogP contribution in [0.2, 0.25) is 0 Å². The molecule has 3 aliphatic rings. The van der Waals surface area contributed by atoms with Gasteiger partial charge in [0.1, 0.15) is 0 Å². The number of thioether (sulfide) groups is 2. The van der Waals surface area contributed by atoms with Crippen LogP contribution in [-0.4, -0.2) is 15.6 Å². The van der Waals surface area contributed by atoms with Crippen molar-refractivity contribution in [2.24, 2.45) is 23.7 Å². The molecule has 2 saturated carbocycles. The zero-order valence-corrected chi connectivity index (χ0v) is 16.8. The van der Waals surface area contributed by atoms with Crippen LogP contribution in [0.15, 0.2) is 0 Å². The predicted molar refractivity (Wildman–Crippen MR) is 104 cm³/mol. The van der Waals surface area contributed by atoms with Crippen molar-refractivity contribution < 1.29 is 8.78 Å². The fourth-order valence-electron chi connectivity index (χ4n) is 5.28. The summed E-state index contributed by atoms with van der Waals surface area (Å²) in [6, 6.07) is 0. The lowest BCUT2D eigenvalue weighted by Gasteiger charge is -2.39. The Morgan fingerprint density at radius 3 is 1.96 bits per heavy atom. The smallest absolute Gasteiger partial charge is 0.182 e. The zero-order chi connectivity index (χ0) is 17.0. The molecule has 0 spiro atoms. The van der Waals surface area contributed by atoms with E-state index in [-0.39, 0.29) is 5.25 Å². The molecule has 1 heterocycles. The molecule has 1 atom stereocenters. The third-order valence-corrected chi connectivity index (χ3v) is 9.66. The van der Waals surface area contributed by atoms with Gasteiger partial charge in [-0.15, -0.1) is 0 Å². The van der Waals surface area contributed by atoms with Crippen LogP contribution in [0.3, 0.4) is 0 Å². The molecule has 0 N–H and O–H groups in total. The van der Waals surface area contributed by atoms with Crippen LogP contribution in [0.4, 0.5) is 8.78 Å². The lowest BCUT2D eigenvalue weighted by Crippen LogP contribution is -2.29. The van der Waals surface area contributed by atoms with E-state index in [1.165, 1.54) is 77.0 Å². The molecule has 0 radical (unpaired) electrons. The largest absolute Gasteiger partial charge is 0.342 e. The first-order valence-corrected chi connectivity index (χ1v) is 12.1. The summed E-state index contributed by atoms with van der Waals surface area (Å²) >= 11 is 1.82. The standard InChI is InChI=1S/C20H34F2S2/c1-2-3-4-5-15-6-8-16(9-7-15)17-10-12-18(13-11-17)19-14-23-20(21,22)24-19/h15-19H,2-14H2,1H3. The first kappa shape index (κ1) is 19.3. The third-order valence-electron chi connectivity index (χ3n) is 6.82. The Balaban J connectivity index is 1.35. The van der Waals surface area contributed by atoms with Crippen LogP contribution in [0.1, 0.15) is 84.0 Å². The van der Waals surface area contributed by atoms with E-state index in [4.69, 9.17) is 0 Å². The molecular weight excluding hydrogens is 342 g/mol. The minimum atomic E-state index is -2.52. The average molecular weight is 377 g/mol. The molecule has 0 amide bonds. The minimum absolute atomic E-state index is 0.209. The highest BCUT2D eigenvalue weighted by Crippen LogP contribution is 2.55. The Morgan fingerprint density at radius 1 is 0.833 bits per heavy atom. The number of alkyl halides is 2. The van der Waals surface area contributed by atoms with E-state index in [0.29, 0.717) is 11.7 Å². The van der Waals surface area contributed by atoms with Crippen molar-refractivity contribution in [3.05, 3.63) is 0 Å². The Morgan fingerprint density at radius 2 is 1.42 bits per heavy atom. The van der Waals surface area contributed by atoms with Gasteiger partial charge in [0.05, 0.1) is 0 Å². The van der Waals surface area contributed by atoms with Crippen LogP contribution in [0.5, 0.6) is 0 Å². The van der Waals surface area contributed by atoms with E-state index in [0.717, 1.165) is 41.3 Å². The fourth-order valence-corrected chi connectivity index (χ4v) is 8.05. The van der Waals surface area contributed by atoms with Crippen molar-refractivity contribution in [3.8, 4) is 0 Å². The molecule has 1 aliphatic heterocycles. The Labute approximate surface area is 155 Å². The molecule has 24 heavy (non-hydrogen) atoms. The third kappa shape index (κ3) is 5.28. The number of hydrogen-bond acceptors (Lipinski definition) is 2. The second kappa shape index (κ2) is 8.97. The Kier molecular flexibility index (Phi) is 7.22. The molecule has 2 aliphatic carbocycles. The lowest BCUT2D eigenvalue weighted by molar-refractivity contribution is 0.143. The van der Waals surface area contributed by atoms with Gasteiger partial charge in [-0.1, -0.05) is 69.0 Å². The number of rotatable bonds is 6. The molecule has 0 aromatic heterocycles. The summed E-state index contributed by atoms with van der Waals surface area (Å²) in [5.41, 5.74) is 0. The molecule has 3 rings (SSSR count). The van der Waals surface area contributed by atoms with Gasteiger partial charge in [-0.3, -0.25) is 0 Å². The monoisotopic (exact) mass is 376 g/mol. The Bertz CT molecular complexity index is 372. The molecule has 0 aromatic carbocycles. The van der Waals surface area contributed by atoms with Gasteiger partial charge in [0.2, 0.25) is 0 Å². The van der Waals surface area contributed by atoms with Crippen molar-refractivity contribution in [1.29, 1.82) is 0 Å². The first-order chi connectivity index (χ1) is 11.6. The van der Waals surface area contributed by atoms with Gasteiger partial charge in [-0.25, -0.2) is 0 Å². The fraction of sp³-hybridized carbons (Fsp3) is 1.00. The van der Waals surface area contributed by atoms with Crippen molar-refractivity contribution in [1.82, 2.24) is 0 Å². The predicted octanol–water partition coefficient (Wildman–Crippen LogP) is 7.58. The maximum absolute atomic E-state index is 13.4. The molecule has 0 nitrogen and oxygen atoms in total. The van der Waals surface area contributed by atoms with E-state index in [2.05, 4.69) is 6.92 Å². The molecule has 4 heteroatoms. The molecular formula is C20H34F2S2. The summed E-state index contributed by atoms with van der Waals surface area (Å²) in [5.74, 6) is 4.06. The van der Waals surface area contributed by atoms with Gasteiger partial charge in [-0.2, -0.15) is 8.78 Å². The zero-order valence-electron chi connectivity index (χ0n) is 15.2. The van der Waals surface area contributed by atoms with Gasteiger partial charge in [0.25, 0.3) is 0 Å². The first-order valence-electron chi connectivity index (χ1n) is 10.3. The van der Waals surface area contributed by atoms with Crippen LogP contribution >= 0.6 is 23.5 Å². The quantitative estimate of drug-likeness (QED) is 0.438. The van der Waals surface area contributed by atoms with Crippen molar-refractivity contribution >= 4 is 23.5 Å². The van der Waals surface area contributed by atoms with Gasteiger partial charge < -0.3 is 0 Å². The molecule has 0 bridgehead atoms. The maximum atomic E-state index is 13.4. The van der Waals surface area contributed by atoms with Crippen molar-refractivity contribution in [2.45, 2.75) is 93.8 Å². The molecule has 1 unspecified atom stereocenters. The Hall–Kier alpha value is 0.560. The maximum Gasteiger partial charge on any atom is 0.342 e. The lowest BCUT2D eigenvalue weighted by atomic mass is 9.68. The van der Waals surface area contributed by atoms with E-state index >= 15 is 0 Å². The van der Waals surface area contributed by atoms with Gasteiger partial charge in [0.15, 0.2) is 0 Å². The summed E-state index contributed by atoms with van der Waals surface area (Å²) in [6.07, 6.45) is 16.4. The van der Waals surface area contributed by atoms with Crippen LogP contribution in [0, 0.1) is 23.7 Å². The minimum Gasteiger partial charge on any atom is -0.182 e. The molecule has 1 saturated heterocycles. The number of halogens is 2. The summed E-state index contributed by atoms with van der Waals surface area (Å²) in [5, 5.41) is 0.209. The van der Waals surface area contributed by atoms with Crippen molar-refractivity contribution in [2.75, 3.05) is 5.75 Å².